The molecule has 1 saturated heterocycles. The van der Waals surface area contributed by atoms with Gasteiger partial charge in [-0.3, -0.25) is 4.98 Å². The van der Waals surface area contributed by atoms with E-state index in [0.717, 1.165) is 21.8 Å². The Morgan fingerprint density at radius 1 is 1.00 bits per heavy atom. The fraction of sp³-hybridized carbons (Fsp3) is 0.576. The highest BCUT2D eigenvalue weighted by atomic mass is 79.9. The summed E-state index contributed by atoms with van der Waals surface area (Å²) in [5.74, 6) is 1.38. The summed E-state index contributed by atoms with van der Waals surface area (Å²) in [4.78, 5) is 14.4. The SMILES string of the molecule is C#C.C1CCNC1.CC(C)=O.CCCCCCC(CCC)C1c2ncc(Br)cc2CCc2cc(O)cc(Br)c21. The van der Waals surface area contributed by atoms with Crippen molar-refractivity contribution in [2.75, 3.05) is 13.1 Å². The first kappa shape index (κ1) is 35.3. The molecule has 0 radical (unpaired) electrons. The number of carbonyl (C=O) groups is 1. The van der Waals surface area contributed by atoms with Crippen LogP contribution in [0, 0.1) is 18.8 Å². The van der Waals surface area contributed by atoms with Gasteiger partial charge in [-0.05, 0) is 122 Å². The van der Waals surface area contributed by atoms with Crippen molar-refractivity contribution in [3.05, 3.63) is 55.7 Å². The van der Waals surface area contributed by atoms with Gasteiger partial charge in [-0.15, -0.1) is 12.8 Å². The average Bonchev–Trinajstić information content (AvgIpc) is 3.44. The number of aromatic nitrogens is 1. The summed E-state index contributed by atoms with van der Waals surface area (Å²) in [6, 6.07) is 6.07. The number of carbonyl (C=O) groups excluding carboxylic acids is 1. The minimum absolute atomic E-state index is 0.167. The summed E-state index contributed by atoms with van der Waals surface area (Å²) in [5.41, 5.74) is 5.19. The predicted octanol–water partition coefficient (Wildman–Crippen LogP) is 9.14. The first-order valence-electron chi connectivity index (χ1n) is 14.4. The molecule has 2 aromatic rings. The van der Waals surface area contributed by atoms with Gasteiger partial charge in [0.1, 0.15) is 11.5 Å². The zero-order chi connectivity index (χ0) is 29.2. The van der Waals surface area contributed by atoms with Gasteiger partial charge in [-0.2, -0.15) is 0 Å². The Kier molecular flexibility index (Phi) is 18.3. The van der Waals surface area contributed by atoms with Gasteiger partial charge >= 0.3 is 0 Å². The molecule has 1 aromatic carbocycles. The lowest BCUT2D eigenvalue weighted by molar-refractivity contribution is -0.114. The molecule has 6 heteroatoms. The maximum absolute atomic E-state index is 10.2. The zero-order valence-electron chi connectivity index (χ0n) is 24.4. The summed E-state index contributed by atoms with van der Waals surface area (Å²) >= 11 is 7.40. The number of Topliss-reactive ketones (excluding diaryl/α,β-unsaturated/α-hetero) is 1. The zero-order valence-corrected chi connectivity index (χ0v) is 27.5. The minimum Gasteiger partial charge on any atom is -0.508 e. The summed E-state index contributed by atoms with van der Waals surface area (Å²) in [6.45, 7) is 10.1. The van der Waals surface area contributed by atoms with Gasteiger partial charge in [0.25, 0.3) is 0 Å². The maximum atomic E-state index is 10.2. The molecule has 2 N–H and O–H groups in total. The third kappa shape index (κ3) is 12.6. The maximum Gasteiger partial charge on any atom is 0.126 e. The number of hydrogen-bond acceptors (Lipinski definition) is 4. The van der Waals surface area contributed by atoms with E-state index < -0.39 is 0 Å². The second-order valence-corrected chi connectivity index (χ2v) is 12.2. The van der Waals surface area contributed by atoms with Crippen molar-refractivity contribution in [3.63, 3.8) is 0 Å². The molecule has 1 aromatic heterocycles. The molecular formula is C33H48Br2N2O2. The van der Waals surface area contributed by atoms with Gasteiger partial charge in [0.05, 0.1) is 5.69 Å². The van der Waals surface area contributed by atoms with Crippen LogP contribution in [0.15, 0.2) is 33.3 Å². The molecule has 0 bridgehead atoms. The Hall–Kier alpha value is -1.68. The van der Waals surface area contributed by atoms with Crippen LogP contribution in [0.2, 0.25) is 0 Å². The standard InChI is InChI=1S/C24H31Br2NO.C4H9N.C3H6O.C2H2/c1-3-5-6-7-9-16(8-4-2)23-22-17(13-20(28)14-21(22)26)10-11-18-12-19(25)15-27-24(18)23;1-2-4-5-3-1;1-3(2)4;1-2/h12-16,23,28H,3-11H2,1-2H3;5H,1-4H2;1-2H3;1-2H. The number of halogens is 2. The van der Waals surface area contributed by atoms with E-state index in [2.05, 4.69) is 69.9 Å². The predicted molar refractivity (Wildman–Crippen MR) is 173 cm³/mol. The Balaban J connectivity index is 0.000000582. The highest BCUT2D eigenvalue weighted by molar-refractivity contribution is 9.10. The molecule has 4 nitrogen and oxygen atoms in total. The monoisotopic (exact) mass is 662 g/mol. The lowest BCUT2D eigenvalue weighted by Gasteiger charge is -2.30. The molecule has 0 saturated carbocycles. The van der Waals surface area contributed by atoms with Crippen molar-refractivity contribution in [2.45, 2.75) is 104 Å². The van der Waals surface area contributed by atoms with Crippen LogP contribution in [0.5, 0.6) is 5.75 Å². The van der Waals surface area contributed by atoms with Gasteiger partial charge in [-0.25, -0.2) is 0 Å². The molecule has 1 aliphatic carbocycles. The van der Waals surface area contributed by atoms with E-state index in [1.807, 2.05) is 18.3 Å². The summed E-state index contributed by atoms with van der Waals surface area (Å²) < 4.78 is 2.08. The first-order chi connectivity index (χ1) is 18.8. The second kappa shape index (κ2) is 20.2. The topological polar surface area (TPSA) is 62.2 Å². The van der Waals surface area contributed by atoms with Crippen LogP contribution in [-0.2, 0) is 17.6 Å². The van der Waals surface area contributed by atoms with Crippen LogP contribution >= 0.6 is 31.9 Å². The first-order valence-corrected chi connectivity index (χ1v) is 16.0. The Morgan fingerprint density at radius 3 is 2.21 bits per heavy atom. The molecule has 1 aliphatic heterocycles. The quantitative estimate of drug-likeness (QED) is 0.218. The minimum atomic E-state index is 0.167. The van der Waals surface area contributed by atoms with Crippen LogP contribution in [0.3, 0.4) is 0 Å². The number of terminal acetylenes is 1. The normalized spacial score (nSPS) is 15.9. The van der Waals surface area contributed by atoms with Crippen LogP contribution in [0.4, 0.5) is 0 Å². The number of rotatable bonds is 8. The Bertz CT molecular complexity index is 1010. The van der Waals surface area contributed by atoms with E-state index in [-0.39, 0.29) is 11.7 Å². The highest BCUT2D eigenvalue weighted by Crippen LogP contribution is 2.46. The van der Waals surface area contributed by atoms with Crippen LogP contribution in [0.1, 0.15) is 114 Å². The lowest BCUT2D eigenvalue weighted by Crippen LogP contribution is -2.18. The van der Waals surface area contributed by atoms with Gasteiger partial charge in [0.15, 0.2) is 0 Å². The van der Waals surface area contributed by atoms with E-state index >= 15 is 0 Å². The third-order valence-corrected chi connectivity index (χ3v) is 8.04. The number of ketones is 1. The van der Waals surface area contributed by atoms with E-state index in [4.69, 9.17) is 4.98 Å². The van der Waals surface area contributed by atoms with Crippen molar-refractivity contribution in [3.8, 4) is 18.6 Å². The molecule has 2 aliphatic rings. The number of aryl methyl sites for hydroxylation is 2. The van der Waals surface area contributed by atoms with E-state index in [9.17, 15) is 9.90 Å². The van der Waals surface area contributed by atoms with Crippen molar-refractivity contribution < 1.29 is 9.90 Å². The van der Waals surface area contributed by atoms with Crippen molar-refractivity contribution >= 4 is 37.6 Å². The third-order valence-electron chi connectivity index (χ3n) is 6.95. The fourth-order valence-corrected chi connectivity index (χ4v) is 6.47. The number of unbranched alkanes of at least 4 members (excludes halogenated alkanes) is 3. The van der Waals surface area contributed by atoms with Gasteiger partial charge in [0.2, 0.25) is 0 Å². The lowest BCUT2D eigenvalue weighted by atomic mass is 9.76. The highest BCUT2D eigenvalue weighted by Gasteiger charge is 2.33. The summed E-state index contributed by atoms with van der Waals surface area (Å²) in [6.07, 6.45) is 23.5. The number of pyridine rings is 1. The number of aromatic hydroxyl groups is 1. The molecule has 2 heterocycles. The van der Waals surface area contributed by atoms with Crippen LogP contribution < -0.4 is 5.32 Å². The average molecular weight is 665 g/mol. The molecule has 2 unspecified atom stereocenters. The van der Waals surface area contributed by atoms with Crippen LogP contribution in [-0.4, -0.2) is 29.0 Å². The molecule has 1 fully saturated rings. The Labute approximate surface area is 254 Å². The molecule has 0 amide bonds. The number of nitrogens with zero attached hydrogens (tertiary/aromatic N) is 1. The van der Waals surface area contributed by atoms with Gasteiger partial charge < -0.3 is 15.2 Å². The Morgan fingerprint density at radius 2 is 1.64 bits per heavy atom. The number of phenolic OH excluding ortho intramolecular Hbond substituents is 1. The summed E-state index contributed by atoms with van der Waals surface area (Å²) in [5, 5.41) is 13.4. The van der Waals surface area contributed by atoms with E-state index in [1.165, 1.54) is 107 Å². The second-order valence-electron chi connectivity index (χ2n) is 10.4. The molecule has 0 spiro atoms. The number of fused-ring (bicyclic) bond motifs is 2. The molecule has 39 heavy (non-hydrogen) atoms. The van der Waals surface area contributed by atoms with Crippen molar-refractivity contribution in [1.82, 2.24) is 10.3 Å². The van der Waals surface area contributed by atoms with E-state index in [0.29, 0.717) is 11.7 Å². The van der Waals surface area contributed by atoms with Gasteiger partial charge in [-0.1, -0.05) is 61.9 Å². The molecule has 216 valence electrons. The largest absolute Gasteiger partial charge is 0.508 e. The number of hydrogen-bond donors (Lipinski definition) is 2. The number of benzene rings is 1. The van der Waals surface area contributed by atoms with Crippen LogP contribution in [0.25, 0.3) is 0 Å². The van der Waals surface area contributed by atoms with Gasteiger partial charge in [0, 0.05) is 21.1 Å². The number of nitrogens with one attached hydrogen (secondary N) is 1. The number of phenols is 1. The smallest absolute Gasteiger partial charge is 0.126 e. The summed E-state index contributed by atoms with van der Waals surface area (Å²) in [7, 11) is 0. The van der Waals surface area contributed by atoms with Crippen molar-refractivity contribution in [1.29, 1.82) is 0 Å². The molecule has 2 atom stereocenters. The molecular weight excluding hydrogens is 616 g/mol. The molecule has 4 rings (SSSR count). The fourth-order valence-electron chi connectivity index (χ4n) is 5.36. The van der Waals surface area contributed by atoms with Crippen molar-refractivity contribution in [2.24, 2.45) is 5.92 Å². The van der Waals surface area contributed by atoms with E-state index in [1.54, 1.807) is 0 Å².